The van der Waals surface area contributed by atoms with Crippen molar-refractivity contribution in [2.24, 2.45) is 5.92 Å². The Morgan fingerprint density at radius 1 is 1.25 bits per heavy atom. The van der Waals surface area contributed by atoms with Gasteiger partial charge in [-0.2, -0.15) is 0 Å². The summed E-state index contributed by atoms with van der Waals surface area (Å²) in [4.78, 5) is 30.6. The molecule has 126 valence electrons. The molecule has 1 aromatic heterocycles. The molecule has 0 radical (unpaired) electrons. The molecule has 24 heavy (non-hydrogen) atoms. The highest BCUT2D eigenvalue weighted by Gasteiger charge is 2.28. The van der Waals surface area contributed by atoms with Gasteiger partial charge in [0.25, 0.3) is 5.91 Å². The molecular weight excluding hydrogens is 329 g/mol. The Balaban J connectivity index is 1.54. The summed E-state index contributed by atoms with van der Waals surface area (Å²) in [6.07, 6.45) is 1.23. The predicted octanol–water partition coefficient (Wildman–Crippen LogP) is 3.08. The van der Waals surface area contributed by atoms with Gasteiger partial charge in [0.05, 0.1) is 5.69 Å². The minimum atomic E-state index is -0.362. The third-order valence-corrected chi connectivity index (χ3v) is 4.97. The smallest absolute Gasteiger partial charge is 0.253 e. The molecule has 0 bridgehead atoms. The van der Waals surface area contributed by atoms with E-state index in [2.05, 4.69) is 10.3 Å². The lowest BCUT2D eigenvalue weighted by Gasteiger charge is -2.31. The lowest BCUT2D eigenvalue weighted by Crippen LogP contribution is -2.41. The summed E-state index contributed by atoms with van der Waals surface area (Å²) in [5, 5.41) is 5.34. The van der Waals surface area contributed by atoms with Crippen LogP contribution in [0.15, 0.2) is 29.6 Å². The minimum Gasteiger partial charge on any atom is -0.339 e. The van der Waals surface area contributed by atoms with Crippen LogP contribution in [0.25, 0.3) is 0 Å². The van der Waals surface area contributed by atoms with Gasteiger partial charge in [0.2, 0.25) is 5.91 Å². The van der Waals surface area contributed by atoms with E-state index in [9.17, 15) is 14.0 Å². The van der Waals surface area contributed by atoms with E-state index < -0.39 is 0 Å². The molecule has 0 atom stereocenters. The predicted molar refractivity (Wildman–Crippen MR) is 90.5 cm³/mol. The maximum absolute atomic E-state index is 12.9. The molecule has 0 saturated carbocycles. The topological polar surface area (TPSA) is 62.3 Å². The van der Waals surface area contributed by atoms with Crippen LogP contribution in [0.3, 0.4) is 0 Å². The lowest BCUT2D eigenvalue weighted by molar-refractivity contribution is -0.121. The van der Waals surface area contributed by atoms with Crippen LogP contribution in [0, 0.1) is 18.7 Å². The van der Waals surface area contributed by atoms with Crippen LogP contribution in [0.2, 0.25) is 0 Å². The molecule has 0 aliphatic carbocycles. The van der Waals surface area contributed by atoms with Crippen molar-refractivity contribution in [1.82, 2.24) is 9.88 Å². The third-order valence-electron chi connectivity index (χ3n) is 4.09. The lowest BCUT2D eigenvalue weighted by atomic mass is 9.95. The summed E-state index contributed by atoms with van der Waals surface area (Å²) in [6.45, 7) is 2.92. The van der Waals surface area contributed by atoms with Crippen LogP contribution in [-0.4, -0.2) is 34.8 Å². The summed E-state index contributed by atoms with van der Waals surface area (Å²) < 4.78 is 12.9. The van der Waals surface area contributed by atoms with E-state index in [1.165, 1.54) is 35.6 Å². The quantitative estimate of drug-likeness (QED) is 0.928. The molecule has 1 aliphatic rings. The number of aromatic nitrogens is 1. The van der Waals surface area contributed by atoms with E-state index in [1.54, 1.807) is 4.90 Å². The van der Waals surface area contributed by atoms with Crippen LogP contribution in [0.5, 0.6) is 0 Å². The van der Waals surface area contributed by atoms with Crippen molar-refractivity contribution in [1.29, 1.82) is 0 Å². The van der Waals surface area contributed by atoms with Crippen molar-refractivity contribution in [2.45, 2.75) is 19.8 Å². The van der Waals surface area contributed by atoms with E-state index in [-0.39, 0.29) is 23.5 Å². The standard InChI is InChI=1S/C17H18FN3O2S/c1-11-10-24-17(19-11)20-15(22)12-6-8-21(9-7-12)16(23)13-2-4-14(18)5-3-13/h2-5,10,12H,6-9H2,1H3,(H,19,20,22). The number of hydrogen-bond donors (Lipinski definition) is 1. The van der Waals surface area contributed by atoms with E-state index in [0.29, 0.717) is 36.6 Å². The van der Waals surface area contributed by atoms with Gasteiger partial charge in [0.15, 0.2) is 5.13 Å². The molecule has 7 heteroatoms. The Morgan fingerprint density at radius 3 is 2.50 bits per heavy atom. The van der Waals surface area contributed by atoms with Crippen LogP contribution in [0.1, 0.15) is 28.9 Å². The normalized spacial score (nSPS) is 15.3. The monoisotopic (exact) mass is 347 g/mol. The fraction of sp³-hybridized carbons (Fsp3) is 0.353. The van der Waals surface area contributed by atoms with Gasteiger partial charge in [-0.1, -0.05) is 0 Å². The number of piperidine rings is 1. The summed E-state index contributed by atoms with van der Waals surface area (Å²) >= 11 is 1.41. The van der Waals surface area contributed by atoms with Gasteiger partial charge in [-0.15, -0.1) is 11.3 Å². The maximum Gasteiger partial charge on any atom is 0.253 e. The van der Waals surface area contributed by atoms with Crippen LogP contribution >= 0.6 is 11.3 Å². The second-order valence-electron chi connectivity index (χ2n) is 5.86. The average molecular weight is 347 g/mol. The van der Waals surface area contributed by atoms with Crippen LogP contribution in [-0.2, 0) is 4.79 Å². The number of aryl methyl sites for hydroxylation is 1. The molecule has 0 spiro atoms. The molecule has 5 nitrogen and oxygen atoms in total. The highest BCUT2D eigenvalue weighted by Crippen LogP contribution is 2.22. The van der Waals surface area contributed by atoms with E-state index >= 15 is 0 Å². The van der Waals surface area contributed by atoms with Gasteiger partial charge >= 0.3 is 0 Å². The first-order chi connectivity index (χ1) is 11.5. The van der Waals surface area contributed by atoms with Crippen molar-refractivity contribution in [3.8, 4) is 0 Å². The zero-order chi connectivity index (χ0) is 17.1. The van der Waals surface area contributed by atoms with Crippen molar-refractivity contribution >= 4 is 28.3 Å². The molecule has 2 amide bonds. The number of thiazole rings is 1. The molecule has 1 N–H and O–H groups in total. The molecule has 0 unspecified atom stereocenters. The number of hydrogen-bond acceptors (Lipinski definition) is 4. The first kappa shape index (κ1) is 16.6. The zero-order valence-corrected chi connectivity index (χ0v) is 14.1. The molecule has 2 heterocycles. The Kier molecular flexibility index (Phi) is 4.89. The van der Waals surface area contributed by atoms with Gasteiger partial charge in [0.1, 0.15) is 5.82 Å². The fourth-order valence-electron chi connectivity index (χ4n) is 2.74. The van der Waals surface area contributed by atoms with Gasteiger partial charge in [0, 0.05) is 30.0 Å². The van der Waals surface area contributed by atoms with Crippen LogP contribution < -0.4 is 5.32 Å². The minimum absolute atomic E-state index is 0.0433. The Labute approximate surface area is 143 Å². The number of nitrogens with one attached hydrogen (secondary N) is 1. The number of carbonyl (C=O) groups excluding carboxylic acids is 2. The molecule has 2 aromatic rings. The molecule has 1 saturated heterocycles. The van der Waals surface area contributed by atoms with Gasteiger partial charge in [-0.3, -0.25) is 9.59 Å². The SMILES string of the molecule is Cc1csc(NC(=O)C2CCN(C(=O)c3ccc(F)cc3)CC2)n1. The highest BCUT2D eigenvalue weighted by molar-refractivity contribution is 7.13. The second-order valence-corrected chi connectivity index (χ2v) is 6.71. The maximum atomic E-state index is 12.9. The summed E-state index contributed by atoms with van der Waals surface area (Å²) in [6, 6.07) is 5.54. The average Bonchev–Trinajstić information content (AvgIpc) is 3.00. The summed E-state index contributed by atoms with van der Waals surface area (Å²) in [7, 11) is 0. The Morgan fingerprint density at radius 2 is 1.92 bits per heavy atom. The number of carbonyl (C=O) groups is 2. The van der Waals surface area contributed by atoms with E-state index in [1.807, 2.05) is 12.3 Å². The summed E-state index contributed by atoms with van der Waals surface area (Å²) in [5.41, 5.74) is 1.35. The number of anilines is 1. The molecular formula is C17H18FN3O2S. The van der Waals surface area contributed by atoms with Crippen molar-refractivity contribution in [2.75, 3.05) is 18.4 Å². The number of amides is 2. The first-order valence-electron chi connectivity index (χ1n) is 7.81. The Hall–Kier alpha value is -2.28. The highest BCUT2D eigenvalue weighted by atomic mass is 32.1. The van der Waals surface area contributed by atoms with E-state index in [4.69, 9.17) is 0 Å². The number of likely N-dealkylation sites (tertiary alicyclic amines) is 1. The molecule has 1 aliphatic heterocycles. The second kappa shape index (κ2) is 7.09. The Bertz CT molecular complexity index is 737. The fourth-order valence-corrected chi connectivity index (χ4v) is 3.43. The van der Waals surface area contributed by atoms with Crippen molar-refractivity contribution in [3.63, 3.8) is 0 Å². The van der Waals surface area contributed by atoms with Gasteiger partial charge in [-0.05, 0) is 44.0 Å². The largest absolute Gasteiger partial charge is 0.339 e. The summed E-state index contributed by atoms with van der Waals surface area (Å²) in [5.74, 6) is -0.645. The third kappa shape index (κ3) is 3.79. The molecule has 1 aromatic carbocycles. The first-order valence-corrected chi connectivity index (χ1v) is 8.69. The number of benzene rings is 1. The van der Waals surface area contributed by atoms with Gasteiger partial charge < -0.3 is 10.2 Å². The van der Waals surface area contributed by atoms with Crippen molar-refractivity contribution < 1.29 is 14.0 Å². The molecule has 1 fully saturated rings. The van der Waals surface area contributed by atoms with Crippen LogP contribution in [0.4, 0.5) is 9.52 Å². The molecule has 3 rings (SSSR count). The number of nitrogens with zero attached hydrogens (tertiary/aromatic N) is 2. The number of rotatable bonds is 3. The zero-order valence-electron chi connectivity index (χ0n) is 13.3. The van der Waals surface area contributed by atoms with Gasteiger partial charge in [-0.25, -0.2) is 9.37 Å². The number of halogens is 1. The van der Waals surface area contributed by atoms with Crippen molar-refractivity contribution in [3.05, 3.63) is 46.7 Å². The van der Waals surface area contributed by atoms with E-state index in [0.717, 1.165) is 5.69 Å².